The summed E-state index contributed by atoms with van der Waals surface area (Å²) in [6.45, 7) is 0.686. The first-order chi connectivity index (χ1) is 18.4. The van der Waals surface area contributed by atoms with Gasteiger partial charge >= 0.3 is 6.09 Å². The fourth-order valence-corrected chi connectivity index (χ4v) is 4.61. The van der Waals surface area contributed by atoms with Crippen molar-refractivity contribution in [3.05, 3.63) is 89.7 Å². The highest BCUT2D eigenvalue weighted by Crippen LogP contribution is 2.29. The minimum atomic E-state index is -1.19. The number of carbonyl (C=O) groups excluding carboxylic acids is 3. The number of Topliss-reactive ketones (excluding diaryl/α,β-unsaturated/α-hetero) is 1. The summed E-state index contributed by atoms with van der Waals surface area (Å²) in [6.07, 6.45) is 2.26. The minimum absolute atomic E-state index is 0.216. The van der Waals surface area contributed by atoms with Crippen molar-refractivity contribution in [3.63, 3.8) is 0 Å². The maximum absolute atomic E-state index is 14.0. The maximum atomic E-state index is 14.0. The number of hydrogen-bond donors (Lipinski definition) is 5. The molecule has 198 valence electrons. The molecule has 1 fully saturated rings. The average molecular weight is 518 g/mol. The molecule has 0 radical (unpaired) electrons. The second-order valence-corrected chi connectivity index (χ2v) is 9.00. The Labute approximate surface area is 220 Å². The van der Waals surface area contributed by atoms with Crippen LogP contribution in [0.3, 0.4) is 0 Å². The molecule has 2 aromatic carbocycles. The second kappa shape index (κ2) is 12.2. The molecule has 1 aromatic heterocycles. The van der Waals surface area contributed by atoms with E-state index in [0.717, 1.165) is 17.5 Å². The van der Waals surface area contributed by atoms with Crippen LogP contribution in [0, 0.1) is 5.41 Å². The topological polar surface area (TPSA) is 164 Å². The van der Waals surface area contributed by atoms with Crippen LogP contribution in [-0.4, -0.2) is 59.1 Å². The van der Waals surface area contributed by atoms with Crippen molar-refractivity contribution in [3.8, 4) is 0 Å². The quantitative estimate of drug-likeness (QED) is 0.202. The van der Waals surface area contributed by atoms with E-state index in [-0.39, 0.29) is 11.6 Å². The van der Waals surface area contributed by atoms with Gasteiger partial charge in [0.1, 0.15) is 11.9 Å². The van der Waals surface area contributed by atoms with Gasteiger partial charge in [0, 0.05) is 12.1 Å². The smallest absolute Gasteiger partial charge is 0.407 e. The third-order valence-corrected chi connectivity index (χ3v) is 6.52. The number of methoxy groups -OCH3 is 1. The van der Waals surface area contributed by atoms with Gasteiger partial charge < -0.3 is 26.4 Å². The van der Waals surface area contributed by atoms with Gasteiger partial charge in [0.25, 0.3) is 0 Å². The molecular weight excluding hydrogens is 486 g/mol. The zero-order valence-electron chi connectivity index (χ0n) is 21.0. The zero-order valence-corrected chi connectivity index (χ0v) is 21.0. The lowest BCUT2D eigenvalue weighted by Crippen LogP contribution is -2.54. The van der Waals surface area contributed by atoms with E-state index < -0.39 is 36.2 Å². The number of alkyl carbamates (subject to hydrolysis) is 1. The van der Waals surface area contributed by atoms with Gasteiger partial charge in [-0.25, -0.2) is 9.48 Å². The van der Waals surface area contributed by atoms with Gasteiger partial charge in [-0.3, -0.25) is 15.0 Å². The molecule has 11 nitrogen and oxygen atoms in total. The molecule has 1 saturated heterocycles. The second-order valence-electron chi connectivity index (χ2n) is 9.00. The molecule has 0 saturated carbocycles. The van der Waals surface area contributed by atoms with Crippen LogP contribution in [0.1, 0.15) is 41.6 Å². The molecule has 1 unspecified atom stereocenters. The summed E-state index contributed by atoms with van der Waals surface area (Å²) >= 11 is 0. The Bertz CT molecular complexity index is 1230. The Kier molecular flexibility index (Phi) is 8.49. The van der Waals surface area contributed by atoms with E-state index in [1.54, 1.807) is 0 Å². The van der Waals surface area contributed by atoms with E-state index >= 15 is 0 Å². The summed E-state index contributed by atoms with van der Waals surface area (Å²) in [5.74, 6) is -1.71. The number of ether oxygens (including phenoxy) is 1. The number of hydrogen-bond acceptors (Lipinski definition) is 7. The highest BCUT2D eigenvalue weighted by Gasteiger charge is 2.37. The number of amidine groups is 1. The van der Waals surface area contributed by atoms with E-state index in [4.69, 9.17) is 15.9 Å². The molecule has 1 aliphatic rings. The van der Waals surface area contributed by atoms with E-state index in [0.29, 0.717) is 18.5 Å². The third-order valence-electron chi connectivity index (χ3n) is 6.52. The van der Waals surface area contributed by atoms with Crippen LogP contribution in [0.15, 0.2) is 73.1 Å². The predicted molar refractivity (Wildman–Crippen MR) is 141 cm³/mol. The van der Waals surface area contributed by atoms with Crippen molar-refractivity contribution < 1.29 is 19.1 Å². The molecule has 4 rings (SSSR count). The molecule has 1 aliphatic heterocycles. The van der Waals surface area contributed by atoms with Crippen LogP contribution in [0.4, 0.5) is 4.79 Å². The Morgan fingerprint density at radius 1 is 1.08 bits per heavy atom. The van der Waals surface area contributed by atoms with E-state index in [1.165, 1.54) is 24.2 Å². The molecule has 38 heavy (non-hydrogen) atoms. The summed E-state index contributed by atoms with van der Waals surface area (Å²) in [5.41, 5.74) is 7.48. The molecule has 0 spiro atoms. The molecule has 3 aromatic rings. The number of benzene rings is 2. The summed E-state index contributed by atoms with van der Waals surface area (Å²) < 4.78 is 6.12. The number of ketones is 1. The lowest BCUT2D eigenvalue weighted by atomic mass is 9.84. The number of aromatic nitrogens is 2. The molecule has 0 aliphatic carbocycles. The first kappa shape index (κ1) is 26.6. The number of nitrogen functional groups attached to an aromatic ring is 1. The first-order valence-corrected chi connectivity index (χ1v) is 12.3. The van der Waals surface area contributed by atoms with Crippen LogP contribution in [-0.2, 0) is 14.3 Å². The highest BCUT2D eigenvalue weighted by molar-refractivity contribution is 5.96. The largest absolute Gasteiger partial charge is 0.453 e. The number of nitrogens with two attached hydrogens (primary N) is 1. The Morgan fingerprint density at radius 2 is 1.71 bits per heavy atom. The number of nitrogens with one attached hydrogen (secondary N) is 4. The van der Waals surface area contributed by atoms with Gasteiger partial charge in [0.05, 0.1) is 24.9 Å². The van der Waals surface area contributed by atoms with Crippen molar-refractivity contribution in [2.75, 3.05) is 13.7 Å². The molecule has 11 heteroatoms. The summed E-state index contributed by atoms with van der Waals surface area (Å²) in [5, 5.41) is 20.5. The fourth-order valence-electron chi connectivity index (χ4n) is 4.61. The average Bonchev–Trinajstić information content (AvgIpc) is 3.65. The number of rotatable bonds is 10. The maximum Gasteiger partial charge on any atom is 0.407 e. The minimum Gasteiger partial charge on any atom is -0.453 e. The van der Waals surface area contributed by atoms with E-state index in [2.05, 4.69) is 21.0 Å². The zero-order chi connectivity index (χ0) is 27.1. The molecule has 3 atom stereocenters. The van der Waals surface area contributed by atoms with Gasteiger partial charge in [-0.15, -0.1) is 0 Å². The van der Waals surface area contributed by atoms with Crippen molar-refractivity contribution in [1.29, 1.82) is 5.41 Å². The number of amides is 2. The molecule has 2 amide bonds. The van der Waals surface area contributed by atoms with Crippen molar-refractivity contribution >= 4 is 23.6 Å². The summed E-state index contributed by atoms with van der Waals surface area (Å²) in [6, 6.07) is 17.0. The standard InChI is InChI=1S/C27H31N7O4/c1-38-27(37)32-22(21(17-9-4-2-5-10-17)18-11-6-3-7-12-18)26(36)33-25(23(35)20-13-8-14-30-20)34-16-19(15-31-34)24(28)29/h2-7,9-12,15-16,20-22,25,30H,8,13-14H2,1H3,(H3,28,29)(H,32,37)(H,33,36)/t20-,22+,25?/m0/s1. The highest BCUT2D eigenvalue weighted by atomic mass is 16.5. The van der Waals surface area contributed by atoms with Gasteiger partial charge in [0.15, 0.2) is 11.9 Å². The van der Waals surface area contributed by atoms with Crippen LogP contribution >= 0.6 is 0 Å². The van der Waals surface area contributed by atoms with Crippen LogP contribution in [0.25, 0.3) is 0 Å². The van der Waals surface area contributed by atoms with Gasteiger partial charge in [-0.2, -0.15) is 5.10 Å². The number of carbonyl (C=O) groups is 3. The lowest BCUT2D eigenvalue weighted by molar-refractivity contribution is -0.132. The van der Waals surface area contributed by atoms with Crippen molar-refractivity contribution in [2.24, 2.45) is 5.73 Å². The predicted octanol–water partition coefficient (Wildman–Crippen LogP) is 1.66. The van der Waals surface area contributed by atoms with Gasteiger partial charge in [-0.1, -0.05) is 60.7 Å². The Morgan fingerprint density at radius 3 is 2.21 bits per heavy atom. The monoisotopic (exact) mass is 517 g/mol. The normalized spacial score (nSPS) is 16.4. The van der Waals surface area contributed by atoms with Crippen molar-refractivity contribution in [1.82, 2.24) is 25.7 Å². The fraction of sp³-hybridized carbons (Fsp3) is 0.296. The summed E-state index contributed by atoms with van der Waals surface area (Å²) in [7, 11) is 1.22. The Hall–Kier alpha value is -4.51. The van der Waals surface area contributed by atoms with Gasteiger partial charge in [-0.05, 0) is 30.5 Å². The SMILES string of the molecule is COC(=O)N[C@@H](C(=O)NC(C(=O)[C@@H]1CCCN1)n1cc(C(=N)N)cn1)C(c1ccccc1)c1ccccc1. The third kappa shape index (κ3) is 6.06. The van der Waals surface area contributed by atoms with Crippen LogP contribution in [0.5, 0.6) is 0 Å². The molecular formula is C27H31N7O4. The summed E-state index contributed by atoms with van der Waals surface area (Å²) in [4.78, 5) is 39.9. The number of nitrogens with zero attached hydrogens (tertiary/aromatic N) is 2. The van der Waals surface area contributed by atoms with E-state index in [9.17, 15) is 14.4 Å². The lowest BCUT2D eigenvalue weighted by Gasteiger charge is -2.30. The van der Waals surface area contributed by atoms with E-state index in [1.807, 2.05) is 60.7 Å². The van der Waals surface area contributed by atoms with Gasteiger partial charge in [0.2, 0.25) is 5.91 Å². The molecule has 0 bridgehead atoms. The van der Waals surface area contributed by atoms with Crippen LogP contribution < -0.4 is 21.7 Å². The van der Waals surface area contributed by atoms with Crippen molar-refractivity contribution in [2.45, 2.75) is 37.0 Å². The Balaban J connectivity index is 1.73. The first-order valence-electron chi connectivity index (χ1n) is 12.3. The van der Waals surface area contributed by atoms with Crippen LogP contribution in [0.2, 0.25) is 0 Å². The molecule has 6 N–H and O–H groups in total. The molecule has 2 heterocycles.